The number of benzene rings is 2. The largest absolute Gasteiger partial charge is 0.496 e. The van der Waals surface area contributed by atoms with Crippen LogP contribution in [0, 0.1) is 11.8 Å². The number of likely N-dealkylation sites (N-methyl/N-ethyl adjacent to an activating group) is 1. The van der Waals surface area contributed by atoms with Crippen molar-refractivity contribution in [2.24, 2.45) is 11.8 Å². The molecule has 14 nitrogen and oxygen atoms in total. The molecule has 3 unspecified atom stereocenters. The third-order valence-corrected chi connectivity index (χ3v) is 14.7. The first-order chi connectivity index (χ1) is 27.8. The topological polar surface area (TPSA) is 160 Å². The van der Waals surface area contributed by atoms with Crippen LogP contribution in [0.15, 0.2) is 48.6 Å². The number of fused-ring (bicyclic) bond motifs is 6. The van der Waals surface area contributed by atoms with Crippen LogP contribution in [0.2, 0.25) is 0 Å². The number of para-hydroxylation sites is 1. The first-order valence-electron chi connectivity index (χ1n) is 20.1. The van der Waals surface area contributed by atoms with E-state index in [-0.39, 0.29) is 17.6 Å². The molecule has 308 valence electrons. The van der Waals surface area contributed by atoms with E-state index in [1.807, 2.05) is 54.4 Å². The van der Waals surface area contributed by atoms with Gasteiger partial charge >= 0.3 is 17.9 Å². The molecule has 1 saturated carbocycles. The van der Waals surface area contributed by atoms with Crippen LogP contribution in [-0.2, 0) is 55.5 Å². The number of ketones is 1. The van der Waals surface area contributed by atoms with Gasteiger partial charge in [-0.15, -0.1) is 0 Å². The second kappa shape index (κ2) is 13.4. The number of rotatable bonds is 7. The van der Waals surface area contributed by atoms with Crippen molar-refractivity contribution >= 4 is 40.3 Å². The van der Waals surface area contributed by atoms with Crippen molar-refractivity contribution in [2.45, 2.75) is 79.9 Å². The standard InChI is InChI=1S/C44H52N4O10/c1-24(49)27-17-26-20-42(39(51)55-5,35-29(23-47(21-26)22-27)28-11-8-9-12-32(28)45-35)31-18-30-33(19-34(31)54-4)46(3)37-41(30)14-16-48-15-10-13-43(57-7,36(41)48)38(58-25(2)50)44(37,53)40(52)56-6/h8-13,18-19,26-27,36-38,45,53H,14-17,20-23H2,1-7H3/t26-,27?,36-,37-,38-,41?,42+,43+,44+/m1/s1. The fraction of sp³-hybridized carbons (Fsp3) is 0.545. The number of ether oxygens (including phenoxy) is 5. The van der Waals surface area contributed by atoms with Crippen LogP contribution in [-0.4, -0.2) is 135 Å². The van der Waals surface area contributed by atoms with Gasteiger partial charge in [0.15, 0.2) is 6.10 Å². The zero-order valence-corrected chi connectivity index (χ0v) is 34.1. The zero-order valence-electron chi connectivity index (χ0n) is 34.1. The molecular formula is C44H52N4O10. The first-order valence-corrected chi connectivity index (χ1v) is 20.1. The number of H-pyrrole nitrogens is 1. The average Bonchev–Trinajstić information content (AvgIpc) is 3.87. The molecule has 0 amide bonds. The van der Waals surface area contributed by atoms with Gasteiger partial charge in [-0.1, -0.05) is 30.4 Å². The van der Waals surface area contributed by atoms with Gasteiger partial charge in [-0.25, -0.2) is 4.79 Å². The maximum atomic E-state index is 15.2. The number of anilines is 1. The van der Waals surface area contributed by atoms with Crippen LogP contribution < -0.4 is 9.64 Å². The Labute approximate surface area is 337 Å². The molecule has 2 saturated heterocycles. The summed E-state index contributed by atoms with van der Waals surface area (Å²) in [5.41, 5.74) is -1.81. The molecule has 6 heterocycles. The van der Waals surface area contributed by atoms with Crippen LogP contribution in [0.25, 0.3) is 10.9 Å². The summed E-state index contributed by atoms with van der Waals surface area (Å²) in [6.45, 7) is 5.88. The number of hydrogen-bond acceptors (Lipinski definition) is 13. The Morgan fingerprint density at radius 3 is 2.40 bits per heavy atom. The van der Waals surface area contributed by atoms with Gasteiger partial charge < -0.3 is 38.7 Å². The number of carbonyl (C=O) groups excluding carboxylic acids is 4. The van der Waals surface area contributed by atoms with Crippen LogP contribution in [0.3, 0.4) is 0 Å². The minimum atomic E-state index is -2.43. The zero-order chi connectivity index (χ0) is 41.1. The second-order valence-electron chi connectivity index (χ2n) is 17.3. The number of hydrogen-bond donors (Lipinski definition) is 2. The van der Waals surface area contributed by atoms with Crippen LogP contribution in [0.1, 0.15) is 55.5 Å². The number of nitrogens with zero attached hydrogens (tertiary/aromatic N) is 3. The SMILES string of the molecule is COC(=O)[C@]1(c2cc3c(cc2OC)N(C)[C@@H]2C34CCN3CC=C[C@](OC)([C@H]34)[C@@H](OC(C)=O)[C@]2(O)C(=O)OC)C[C@H]2CC(C(C)=O)CN(Cc3c1[nH]c1ccccc31)C2. The Kier molecular flexibility index (Phi) is 8.94. The molecule has 1 aromatic heterocycles. The summed E-state index contributed by atoms with van der Waals surface area (Å²) in [4.78, 5) is 65.6. The van der Waals surface area contributed by atoms with E-state index >= 15 is 4.79 Å². The lowest BCUT2D eigenvalue weighted by Crippen LogP contribution is -2.84. The highest BCUT2D eigenvalue weighted by molar-refractivity contribution is 5.95. The van der Waals surface area contributed by atoms with E-state index in [2.05, 4.69) is 20.9 Å². The number of aliphatic hydroxyl groups is 1. The molecule has 3 aromatic rings. The number of nitrogens with one attached hydrogen (secondary N) is 1. The summed E-state index contributed by atoms with van der Waals surface area (Å²) < 4.78 is 30.0. The average molecular weight is 797 g/mol. The van der Waals surface area contributed by atoms with E-state index < -0.39 is 58.1 Å². The Bertz CT molecular complexity index is 2270. The maximum Gasteiger partial charge on any atom is 0.344 e. The summed E-state index contributed by atoms with van der Waals surface area (Å²) in [6, 6.07) is 10.4. The van der Waals surface area contributed by atoms with Crippen LogP contribution >= 0.6 is 0 Å². The lowest BCUT2D eigenvalue weighted by molar-refractivity contribution is -0.250. The van der Waals surface area contributed by atoms with Crippen molar-refractivity contribution in [1.82, 2.24) is 14.8 Å². The number of aromatic nitrogens is 1. The molecule has 9 rings (SSSR count). The van der Waals surface area contributed by atoms with Crippen LogP contribution in [0.5, 0.6) is 5.75 Å². The maximum absolute atomic E-state index is 15.2. The molecule has 3 fully saturated rings. The molecule has 1 aliphatic carbocycles. The molecule has 2 bridgehead atoms. The predicted octanol–water partition coefficient (Wildman–Crippen LogP) is 3.00. The lowest BCUT2D eigenvalue weighted by Gasteiger charge is -2.62. The number of methoxy groups -OCH3 is 4. The minimum absolute atomic E-state index is 0.0666. The molecule has 5 aliphatic heterocycles. The monoisotopic (exact) mass is 796 g/mol. The van der Waals surface area contributed by atoms with E-state index in [1.165, 1.54) is 28.3 Å². The third-order valence-electron chi connectivity index (χ3n) is 14.7. The van der Waals surface area contributed by atoms with Gasteiger partial charge in [0.05, 0.1) is 33.4 Å². The Morgan fingerprint density at radius 1 is 0.948 bits per heavy atom. The van der Waals surface area contributed by atoms with E-state index in [4.69, 9.17) is 23.7 Å². The molecule has 58 heavy (non-hydrogen) atoms. The van der Waals surface area contributed by atoms with Crippen molar-refractivity contribution in [3.8, 4) is 5.75 Å². The summed E-state index contributed by atoms with van der Waals surface area (Å²) >= 11 is 0. The molecule has 6 aliphatic rings. The van der Waals surface area contributed by atoms with Crippen LogP contribution in [0.4, 0.5) is 5.69 Å². The third kappa shape index (κ3) is 4.85. The number of carbonyl (C=O) groups is 4. The molecule has 14 heteroatoms. The molecule has 1 spiro atoms. The van der Waals surface area contributed by atoms with Gasteiger partial charge in [0, 0.05) is 92.5 Å². The lowest BCUT2D eigenvalue weighted by atomic mass is 9.52. The number of piperidine rings is 1. The normalized spacial score (nSPS) is 35.8. The highest BCUT2D eigenvalue weighted by Crippen LogP contribution is 2.66. The van der Waals surface area contributed by atoms with Gasteiger partial charge in [0.2, 0.25) is 5.60 Å². The predicted molar refractivity (Wildman–Crippen MR) is 212 cm³/mol. The number of esters is 3. The van der Waals surface area contributed by atoms with E-state index in [1.54, 1.807) is 14.0 Å². The van der Waals surface area contributed by atoms with Gasteiger partial charge in [0.1, 0.15) is 22.5 Å². The number of aromatic amines is 1. The molecule has 2 N–H and O–H groups in total. The first kappa shape index (κ1) is 38.7. The van der Waals surface area contributed by atoms with Crippen molar-refractivity contribution in [1.29, 1.82) is 0 Å². The smallest absolute Gasteiger partial charge is 0.344 e. The summed E-state index contributed by atoms with van der Waals surface area (Å²) in [5, 5.41) is 14.2. The summed E-state index contributed by atoms with van der Waals surface area (Å²) in [5.74, 6) is -1.83. The Hall–Kier alpha value is -4.76. The van der Waals surface area contributed by atoms with Crippen molar-refractivity contribution < 1.29 is 48.0 Å². The summed E-state index contributed by atoms with van der Waals surface area (Å²) in [7, 11) is 7.51. The van der Waals surface area contributed by atoms with Gasteiger partial charge in [0.25, 0.3) is 0 Å². The van der Waals surface area contributed by atoms with Crippen molar-refractivity contribution in [3.05, 3.63) is 70.9 Å². The molecule has 10 atom stereocenters. The van der Waals surface area contributed by atoms with Gasteiger partial charge in [-0.3, -0.25) is 24.2 Å². The fourth-order valence-corrected chi connectivity index (χ4v) is 12.7. The Balaban J connectivity index is 1.36. The van der Waals surface area contributed by atoms with Crippen molar-refractivity contribution in [2.75, 3.05) is 66.6 Å². The summed E-state index contributed by atoms with van der Waals surface area (Å²) in [6.07, 6.45) is 3.69. The van der Waals surface area contributed by atoms with Crippen molar-refractivity contribution in [3.63, 3.8) is 0 Å². The van der Waals surface area contributed by atoms with Gasteiger partial charge in [-0.05, 0) is 61.9 Å². The fourth-order valence-electron chi connectivity index (χ4n) is 12.7. The Morgan fingerprint density at radius 2 is 1.71 bits per heavy atom. The van der Waals surface area contributed by atoms with Gasteiger partial charge in [-0.2, -0.15) is 0 Å². The van der Waals surface area contributed by atoms with E-state index in [0.717, 1.165) is 22.0 Å². The molecule has 0 radical (unpaired) electrons. The molecular weight excluding hydrogens is 745 g/mol. The van der Waals surface area contributed by atoms with E-state index in [0.29, 0.717) is 74.7 Å². The molecule has 2 aromatic carbocycles. The van der Waals surface area contributed by atoms with E-state index in [9.17, 15) is 19.5 Å². The number of Topliss-reactive ketones (excluding diaryl/α,β-unsaturated/α-hetero) is 1. The quantitative estimate of drug-likeness (QED) is 0.204. The minimum Gasteiger partial charge on any atom is -0.496 e. The second-order valence-corrected chi connectivity index (χ2v) is 17.3. The highest BCUT2D eigenvalue weighted by atomic mass is 16.6. The highest BCUT2D eigenvalue weighted by Gasteiger charge is 2.81.